The zero-order chi connectivity index (χ0) is 18.0. The molecule has 130 valence electrons. The average molecular weight is 377 g/mol. The Morgan fingerprint density at radius 3 is 2.88 bits per heavy atom. The number of nitrogens with one attached hydrogen (secondary N) is 1. The first-order chi connectivity index (χ1) is 12.0. The number of nitrogens with zero attached hydrogens (tertiary/aromatic N) is 1. The van der Waals surface area contributed by atoms with E-state index < -0.39 is 5.25 Å². The number of aromatic nitrogens is 1. The molecule has 2 aromatic carbocycles. The van der Waals surface area contributed by atoms with E-state index in [0.717, 1.165) is 5.56 Å². The van der Waals surface area contributed by atoms with E-state index in [1.54, 1.807) is 32.2 Å². The molecule has 1 atom stereocenters. The molecule has 5 nitrogen and oxygen atoms in total. The number of fused-ring (bicyclic) bond motifs is 1. The second-order valence-corrected chi connectivity index (χ2v) is 7.27. The lowest BCUT2D eigenvalue weighted by Gasteiger charge is -2.13. The van der Waals surface area contributed by atoms with Crippen LogP contribution in [0.4, 0.5) is 5.69 Å². The standard InChI is InChI=1S/C18H17ClN2O3S/c1-10-4-7-15(23-3)14(8-10)20-17(22)11(2)25-18-21-13-6-5-12(19)9-16(13)24-18/h4-9,11H,1-3H3,(H,20,22)/t11-/m1/s1. The van der Waals surface area contributed by atoms with Crippen LogP contribution in [-0.2, 0) is 4.79 Å². The molecular weight excluding hydrogens is 360 g/mol. The average Bonchev–Trinajstić information content (AvgIpc) is 2.96. The van der Waals surface area contributed by atoms with Crippen molar-refractivity contribution >= 4 is 46.1 Å². The summed E-state index contributed by atoms with van der Waals surface area (Å²) in [5.74, 6) is 0.460. The van der Waals surface area contributed by atoms with E-state index in [1.807, 2.05) is 25.1 Å². The number of rotatable bonds is 5. The number of thioether (sulfide) groups is 1. The molecule has 1 heterocycles. The lowest BCUT2D eigenvalue weighted by Crippen LogP contribution is -2.22. The van der Waals surface area contributed by atoms with Gasteiger partial charge in [0.1, 0.15) is 11.3 Å². The summed E-state index contributed by atoms with van der Waals surface area (Å²) in [7, 11) is 1.57. The molecule has 0 bridgehead atoms. The van der Waals surface area contributed by atoms with Crippen molar-refractivity contribution < 1.29 is 13.9 Å². The van der Waals surface area contributed by atoms with Gasteiger partial charge in [0.25, 0.3) is 5.22 Å². The number of hydrogen-bond acceptors (Lipinski definition) is 5. The van der Waals surface area contributed by atoms with E-state index in [1.165, 1.54) is 11.8 Å². The number of oxazole rings is 1. The first-order valence-electron chi connectivity index (χ1n) is 7.64. The number of benzene rings is 2. The molecule has 1 aromatic heterocycles. The minimum Gasteiger partial charge on any atom is -0.495 e. The number of amides is 1. The Morgan fingerprint density at radius 2 is 2.12 bits per heavy atom. The van der Waals surface area contributed by atoms with E-state index in [2.05, 4.69) is 10.3 Å². The van der Waals surface area contributed by atoms with Crippen LogP contribution < -0.4 is 10.1 Å². The van der Waals surface area contributed by atoms with Crippen LogP contribution in [0.5, 0.6) is 5.75 Å². The van der Waals surface area contributed by atoms with E-state index in [-0.39, 0.29) is 5.91 Å². The van der Waals surface area contributed by atoms with Crippen molar-refractivity contribution in [1.29, 1.82) is 0 Å². The highest BCUT2D eigenvalue weighted by atomic mass is 35.5. The summed E-state index contributed by atoms with van der Waals surface area (Å²) in [6.45, 7) is 3.75. The second-order valence-electron chi connectivity index (χ2n) is 5.54. The van der Waals surface area contributed by atoms with Gasteiger partial charge in [-0.05, 0) is 43.7 Å². The Labute approximate surface area is 154 Å². The van der Waals surface area contributed by atoms with Crippen LogP contribution in [0.3, 0.4) is 0 Å². The minimum atomic E-state index is -0.395. The van der Waals surface area contributed by atoms with Gasteiger partial charge in [0.05, 0.1) is 18.0 Å². The topological polar surface area (TPSA) is 64.4 Å². The zero-order valence-electron chi connectivity index (χ0n) is 14.0. The molecule has 0 aliphatic rings. The molecule has 0 spiro atoms. The fraction of sp³-hybridized carbons (Fsp3) is 0.222. The van der Waals surface area contributed by atoms with E-state index in [0.29, 0.717) is 32.8 Å². The number of ether oxygens (including phenoxy) is 1. The lowest BCUT2D eigenvalue weighted by atomic mass is 10.2. The number of anilines is 1. The van der Waals surface area contributed by atoms with Gasteiger partial charge in [-0.25, -0.2) is 4.98 Å². The zero-order valence-corrected chi connectivity index (χ0v) is 15.6. The molecule has 3 rings (SSSR count). The smallest absolute Gasteiger partial charge is 0.257 e. The number of halogens is 1. The van der Waals surface area contributed by atoms with Gasteiger partial charge in [-0.15, -0.1) is 0 Å². The first kappa shape index (κ1) is 17.6. The predicted octanol–water partition coefficient (Wildman–Crippen LogP) is 4.92. The van der Waals surface area contributed by atoms with Gasteiger partial charge in [-0.2, -0.15) is 0 Å². The van der Waals surface area contributed by atoms with Crippen LogP contribution in [0.25, 0.3) is 11.1 Å². The van der Waals surface area contributed by atoms with Crippen molar-refractivity contribution in [3.63, 3.8) is 0 Å². The van der Waals surface area contributed by atoms with Crippen LogP contribution in [0.15, 0.2) is 46.0 Å². The van der Waals surface area contributed by atoms with E-state index in [4.69, 9.17) is 20.8 Å². The molecule has 0 saturated carbocycles. The molecule has 25 heavy (non-hydrogen) atoms. The summed E-state index contributed by atoms with van der Waals surface area (Å²) < 4.78 is 10.9. The van der Waals surface area contributed by atoms with Gasteiger partial charge in [0, 0.05) is 11.1 Å². The van der Waals surface area contributed by atoms with E-state index in [9.17, 15) is 4.79 Å². The number of hydrogen-bond donors (Lipinski definition) is 1. The summed E-state index contributed by atoms with van der Waals surface area (Å²) in [5, 5.41) is 3.50. The van der Waals surface area contributed by atoms with Gasteiger partial charge in [0.2, 0.25) is 5.91 Å². The van der Waals surface area contributed by atoms with Crippen LogP contribution in [0.2, 0.25) is 5.02 Å². The second kappa shape index (κ2) is 7.37. The van der Waals surface area contributed by atoms with Gasteiger partial charge in [-0.1, -0.05) is 29.4 Å². The maximum Gasteiger partial charge on any atom is 0.257 e. The van der Waals surface area contributed by atoms with E-state index >= 15 is 0 Å². The third-order valence-electron chi connectivity index (χ3n) is 3.59. The van der Waals surface area contributed by atoms with Crippen LogP contribution in [-0.4, -0.2) is 23.3 Å². The maximum absolute atomic E-state index is 12.5. The normalized spacial score (nSPS) is 12.2. The van der Waals surface area contributed by atoms with Crippen molar-refractivity contribution in [1.82, 2.24) is 4.98 Å². The van der Waals surface area contributed by atoms with Gasteiger partial charge in [0.15, 0.2) is 5.58 Å². The van der Waals surface area contributed by atoms with Crippen molar-refractivity contribution in [3.8, 4) is 5.75 Å². The van der Waals surface area contributed by atoms with Crippen molar-refractivity contribution in [2.75, 3.05) is 12.4 Å². The molecule has 0 radical (unpaired) electrons. The molecule has 0 aliphatic heterocycles. The Morgan fingerprint density at radius 1 is 1.32 bits per heavy atom. The fourth-order valence-electron chi connectivity index (χ4n) is 2.29. The fourth-order valence-corrected chi connectivity index (χ4v) is 3.21. The molecule has 1 N–H and O–H groups in total. The summed E-state index contributed by atoms with van der Waals surface area (Å²) in [6.07, 6.45) is 0. The summed E-state index contributed by atoms with van der Waals surface area (Å²) in [4.78, 5) is 16.9. The molecular formula is C18H17ClN2O3S. The van der Waals surface area contributed by atoms with Crippen LogP contribution >= 0.6 is 23.4 Å². The molecule has 7 heteroatoms. The van der Waals surface area contributed by atoms with Crippen molar-refractivity contribution in [2.45, 2.75) is 24.3 Å². The number of aryl methyl sites for hydroxylation is 1. The Kier molecular flexibility index (Phi) is 5.20. The third-order valence-corrected chi connectivity index (χ3v) is 4.77. The Bertz CT molecular complexity index is 926. The highest BCUT2D eigenvalue weighted by molar-refractivity contribution is 8.00. The molecule has 0 fully saturated rings. The molecule has 0 saturated heterocycles. The van der Waals surface area contributed by atoms with Gasteiger partial charge >= 0.3 is 0 Å². The monoisotopic (exact) mass is 376 g/mol. The highest BCUT2D eigenvalue weighted by Gasteiger charge is 2.19. The van der Waals surface area contributed by atoms with Crippen LogP contribution in [0, 0.1) is 6.92 Å². The summed E-state index contributed by atoms with van der Waals surface area (Å²) >= 11 is 7.19. The Balaban J connectivity index is 1.72. The minimum absolute atomic E-state index is 0.158. The number of methoxy groups -OCH3 is 1. The van der Waals surface area contributed by atoms with Crippen LogP contribution in [0.1, 0.15) is 12.5 Å². The van der Waals surface area contributed by atoms with Gasteiger partial charge < -0.3 is 14.5 Å². The molecule has 0 unspecified atom stereocenters. The number of carbonyl (C=O) groups is 1. The highest BCUT2D eigenvalue weighted by Crippen LogP contribution is 2.30. The van der Waals surface area contributed by atoms with Crippen molar-refractivity contribution in [2.24, 2.45) is 0 Å². The largest absolute Gasteiger partial charge is 0.495 e. The Hall–Kier alpha value is -2.18. The number of carbonyl (C=O) groups excluding carboxylic acids is 1. The summed E-state index contributed by atoms with van der Waals surface area (Å²) in [5.41, 5.74) is 2.99. The van der Waals surface area contributed by atoms with Gasteiger partial charge in [-0.3, -0.25) is 4.79 Å². The SMILES string of the molecule is COc1ccc(C)cc1NC(=O)[C@@H](C)Sc1nc2ccc(Cl)cc2o1. The molecule has 3 aromatic rings. The van der Waals surface area contributed by atoms with Crippen molar-refractivity contribution in [3.05, 3.63) is 47.0 Å². The summed E-state index contributed by atoms with van der Waals surface area (Å²) in [6, 6.07) is 10.9. The predicted molar refractivity (Wildman–Crippen MR) is 101 cm³/mol. The lowest BCUT2D eigenvalue weighted by molar-refractivity contribution is -0.115. The maximum atomic E-state index is 12.5. The third kappa shape index (κ3) is 4.08. The molecule has 1 amide bonds. The first-order valence-corrected chi connectivity index (χ1v) is 8.90. The molecule has 0 aliphatic carbocycles. The quantitative estimate of drug-likeness (QED) is 0.640.